The summed E-state index contributed by atoms with van der Waals surface area (Å²) >= 11 is 0. The summed E-state index contributed by atoms with van der Waals surface area (Å²) in [7, 11) is 1.75. The van der Waals surface area contributed by atoms with Gasteiger partial charge in [-0.25, -0.2) is 0 Å². The summed E-state index contributed by atoms with van der Waals surface area (Å²) in [5.41, 5.74) is 13.2. The van der Waals surface area contributed by atoms with Gasteiger partial charge in [-0.05, 0) is 79.3 Å². The molecule has 28 heavy (non-hydrogen) atoms. The number of H-pyrrole nitrogens is 1. The predicted molar refractivity (Wildman–Crippen MR) is 119 cm³/mol. The minimum atomic E-state index is 0.731. The Morgan fingerprint density at radius 1 is 0.929 bits per heavy atom. The van der Waals surface area contributed by atoms with Gasteiger partial charge in [-0.2, -0.15) is 0 Å². The molecule has 0 aliphatic carbocycles. The van der Waals surface area contributed by atoms with Crippen LogP contribution in [0.25, 0.3) is 32.9 Å². The van der Waals surface area contributed by atoms with Crippen molar-refractivity contribution in [2.45, 2.75) is 33.1 Å². The topological polar surface area (TPSA) is 51.0 Å². The van der Waals surface area contributed by atoms with Crippen LogP contribution >= 0.6 is 0 Å². The zero-order valence-electron chi connectivity index (χ0n) is 16.9. The van der Waals surface area contributed by atoms with Crippen LogP contribution in [0.15, 0.2) is 48.5 Å². The van der Waals surface area contributed by atoms with Crippen LogP contribution < -0.4 is 10.5 Å². The molecule has 0 spiro atoms. The molecule has 0 fully saturated rings. The number of nitrogens with one attached hydrogen (secondary N) is 1. The van der Waals surface area contributed by atoms with Crippen LogP contribution in [0.2, 0.25) is 0 Å². The molecule has 0 aliphatic heterocycles. The van der Waals surface area contributed by atoms with E-state index in [1.54, 1.807) is 7.11 Å². The van der Waals surface area contributed by atoms with Gasteiger partial charge < -0.3 is 15.5 Å². The van der Waals surface area contributed by atoms with Crippen LogP contribution in [-0.4, -0.2) is 18.6 Å². The van der Waals surface area contributed by atoms with Crippen molar-refractivity contribution < 1.29 is 4.74 Å². The summed E-state index contributed by atoms with van der Waals surface area (Å²) in [5.74, 6) is 0.903. The lowest BCUT2D eigenvalue weighted by Crippen LogP contribution is -2.00. The number of aryl methyl sites for hydroxylation is 3. The van der Waals surface area contributed by atoms with Gasteiger partial charge in [-0.3, -0.25) is 0 Å². The van der Waals surface area contributed by atoms with E-state index in [0.717, 1.165) is 37.1 Å². The number of fused-ring (bicyclic) bond motifs is 2. The number of hydrogen-bond acceptors (Lipinski definition) is 2. The highest BCUT2D eigenvalue weighted by Crippen LogP contribution is 2.40. The second-order valence-corrected chi connectivity index (χ2v) is 7.57. The summed E-state index contributed by atoms with van der Waals surface area (Å²) < 4.78 is 5.80. The van der Waals surface area contributed by atoms with E-state index in [1.165, 1.54) is 44.1 Å². The second kappa shape index (κ2) is 7.69. The summed E-state index contributed by atoms with van der Waals surface area (Å²) in [6, 6.07) is 17.2. The first-order valence-electron chi connectivity index (χ1n) is 10.0. The lowest BCUT2D eigenvalue weighted by Gasteiger charge is -2.12. The molecular formula is C25H28N2O. The first-order valence-corrected chi connectivity index (χ1v) is 10.0. The van der Waals surface area contributed by atoms with Gasteiger partial charge in [-0.1, -0.05) is 36.4 Å². The molecule has 4 rings (SSSR count). The van der Waals surface area contributed by atoms with Crippen LogP contribution in [0.3, 0.4) is 0 Å². The first kappa shape index (κ1) is 18.6. The van der Waals surface area contributed by atoms with Crippen molar-refractivity contribution in [3.8, 4) is 17.0 Å². The van der Waals surface area contributed by atoms with Crippen LogP contribution in [-0.2, 0) is 6.42 Å². The number of benzene rings is 3. The van der Waals surface area contributed by atoms with E-state index in [0.29, 0.717) is 0 Å². The van der Waals surface area contributed by atoms with E-state index in [-0.39, 0.29) is 0 Å². The Hall–Kier alpha value is -2.78. The van der Waals surface area contributed by atoms with Gasteiger partial charge in [0.15, 0.2) is 0 Å². The zero-order chi connectivity index (χ0) is 19.7. The minimum Gasteiger partial charge on any atom is -0.496 e. The number of aromatic nitrogens is 1. The molecule has 0 bridgehead atoms. The number of unbranched alkanes of at least 4 members (excludes halogenated alkanes) is 1. The fraction of sp³-hybridized carbons (Fsp3) is 0.280. The maximum Gasteiger partial charge on any atom is 0.128 e. The Morgan fingerprint density at radius 3 is 2.36 bits per heavy atom. The van der Waals surface area contributed by atoms with Crippen LogP contribution in [0.4, 0.5) is 0 Å². The molecule has 0 amide bonds. The molecule has 144 valence electrons. The third kappa shape index (κ3) is 3.16. The summed E-state index contributed by atoms with van der Waals surface area (Å²) in [4.78, 5) is 3.74. The maximum atomic E-state index is 5.80. The fourth-order valence-corrected chi connectivity index (χ4v) is 4.20. The average molecular weight is 373 g/mol. The standard InChI is InChI=1S/C25H28N2O/c1-16-11-12-17(2)24-23(16)20(10-6-7-13-26)25(27-24)21-14-18-8-4-5-9-19(18)15-22(21)28-3/h4-5,8-9,11-12,14-15,27H,6-7,10,13,26H2,1-3H3. The molecule has 1 heterocycles. The van der Waals surface area contributed by atoms with Gasteiger partial charge in [0.2, 0.25) is 0 Å². The summed E-state index contributed by atoms with van der Waals surface area (Å²) in [6.45, 7) is 5.10. The Bertz CT molecular complexity index is 1140. The van der Waals surface area contributed by atoms with Gasteiger partial charge in [0.05, 0.1) is 12.8 Å². The molecule has 4 aromatic rings. The van der Waals surface area contributed by atoms with Crippen molar-refractivity contribution in [3.05, 3.63) is 65.2 Å². The molecule has 0 saturated heterocycles. The highest BCUT2D eigenvalue weighted by atomic mass is 16.5. The number of hydrogen-bond donors (Lipinski definition) is 2. The summed E-state index contributed by atoms with van der Waals surface area (Å²) in [5, 5.41) is 3.76. The van der Waals surface area contributed by atoms with E-state index in [9.17, 15) is 0 Å². The van der Waals surface area contributed by atoms with Gasteiger partial charge in [0.1, 0.15) is 5.75 Å². The molecule has 0 radical (unpaired) electrons. The van der Waals surface area contributed by atoms with Crippen molar-refractivity contribution in [2.24, 2.45) is 5.73 Å². The van der Waals surface area contributed by atoms with E-state index < -0.39 is 0 Å². The van der Waals surface area contributed by atoms with Crippen molar-refractivity contribution in [3.63, 3.8) is 0 Å². The van der Waals surface area contributed by atoms with E-state index in [2.05, 4.69) is 67.4 Å². The fourth-order valence-electron chi connectivity index (χ4n) is 4.20. The molecule has 0 aliphatic rings. The minimum absolute atomic E-state index is 0.731. The Balaban J connectivity index is 2.00. The maximum absolute atomic E-state index is 5.80. The summed E-state index contributed by atoms with van der Waals surface area (Å²) in [6.07, 6.45) is 3.12. The van der Waals surface area contributed by atoms with Crippen molar-refractivity contribution in [1.29, 1.82) is 0 Å². The molecule has 3 aromatic carbocycles. The number of rotatable bonds is 6. The van der Waals surface area contributed by atoms with Crippen molar-refractivity contribution in [2.75, 3.05) is 13.7 Å². The second-order valence-electron chi connectivity index (χ2n) is 7.57. The number of methoxy groups -OCH3 is 1. The van der Waals surface area contributed by atoms with Gasteiger partial charge in [0.25, 0.3) is 0 Å². The van der Waals surface area contributed by atoms with Crippen LogP contribution in [0.5, 0.6) is 5.75 Å². The molecule has 0 saturated carbocycles. The average Bonchev–Trinajstić information content (AvgIpc) is 3.10. The number of ether oxygens (including phenoxy) is 1. The number of aromatic amines is 1. The van der Waals surface area contributed by atoms with Gasteiger partial charge in [0, 0.05) is 16.5 Å². The van der Waals surface area contributed by atoms with Crippen LogP contribution in [0, 0.1) is 13.8 Å². The lowest BCUT2D eigenvalue weighted by atomic mass is 9.95. The van der Waals surface area contributed by atoms with Crippen molar-refractivity contribution >= 4 is 21.7 Å². The Labute approximate surface area is 166 Å². The predicted octanol–water partition coefficient (Wildman–Crippen LogP) is 5.89. The van der Waals surface area contributed by atoms with Crippen molar-refractivity contribution in [1.82, 2.24) is 4.98 Å². The van der Waals surface area contributed by atoms with E-state index in [1.807, 2.05) is 0 Å². The molecular weight excluding hydrogens is 344 g/mol. The zero-order valence-corrected chi connectivity index (χ0v) is 16.9. The molecule has 3 heteroatoms. The third-order valence-electron chi connectivity index (χ3n) is 5.69. The lowest BCUT2D eigenvalue weighted by molar-refractivity contribution is 0.417. The quantitative estimate of drug-likeness (QED) is 0.414. The highest BCUT2D eigenvalue weighted by molar-refractivity contribution is 5.98. The Kier molecular flexibility index (Phi) is 5.10. The van der Waals surface area contributed by atoms with Crippen LogP contribution in [0.1, 0.15) is 29.5 Å². The SMILES string of the molecule is COc1cc2ccccc2cc1-c1[nH]c2c(C)ccc(C)c2c1CCCCN. The molecule has 0 unspecified atom stereocenters. The highest BCUT2D eigenvalue weighted by Gasteiger charge is 2.19. The molecule has 1 aromatic heterocycles. The van der Waals surface area contributed by atoms with Gasteiger partial charge in [-0.15, -0.1) is 0 Å². The molecule has 3 N–H and O–H groups in total. The monoisotopic (exact) mass is 372 g/mol. The first-order chi connectivity index (χ1) is 13.6. The van der Waals surface area contributed by atoms with E-state index in [4.69, 9.17) is 10.5 Å². The Morgan fingerprint density at radius 2 is 1.64 bits per heavy atom. The third-order valence-corrected chi connectivity index (χ3v) is 5.69. The number of nitrogens with two attached hydrogens (primary N) is 1. The van der Waals surface area contributed by atoms with E-state index >= 15 is 0 Å². The molecule has 3 nitrogen and oxygen atoms in total. The smallest absolute Gasteiger partial charge is 0.128 e. The largest absolute Gasteiger partial charge is 0.496 e. The van der Waals surface area contributed by atoms with Gasteiger partial charge >= 0.3 is 0 Å². The normalized spacial score (nSPS) is 11.4. The molecule has 0 atom stereocenters.